The largest absolute Gasteiger partial charge is 0.377 e. The highest BCUT2D eigenvalue weighted by Gasteiger charge is 2.53. The quantitative estimate of drug-likeness (QED) is 0.837. The highest BCUT2D eigenvalue weighted by Crippen LogP contribution is 2.51. The minimum atomic E-state index is -2.84. The molecule has 0 radical (unpaired) electrons. The number of piperidine rings is 1. The first-order chi connectivity index (χ1) is 9.37. The van der Waals surface area contributed by atoms with Crippen molar-refractivity contribution in [2.45, 2.75) is 50.4 Å². The Balaban J connectivity index is 2.09. The molecular weight excluding hydrogens is 284 g/mol. The molecule has 112 valence electrons. The van der Waals surface area contributed by atoms with E-state index in [4.69, 9.17) is 4.74 Å². The van der Waals surface area contributed by atoms with Crippen LogP contribution in [0.3, 0.4) is 0 Å². The van der Waals surface area contributed by atoms with Crippen molar-refractivity contribution in [3.05, 3.63) is 21.4 Å². The van der Waals surface area contributed by atoms with Crippen LogP contribution < -0.4 is 5.32 Å². The Morgan fingerprint density at radius 3 is 2.95 bits per heavy atom. The first-order valence-electron chi connectivity index (χ1n) is 6.87. The summed E-state index contributed by atoms with van der Waals surface area (Å²) in [6.07, 6.45) is -1.34. The molecule has 1 saturated heterocycles. The zero-order valence-electron chi connectivity index (χ0n) is 11.6. The lowest BCUT2D eigenvalue weighted by molar-refractivity contribution is -0.204. The average molecular weight is 303 g/mol. The summed E-state index contributed by atoms with van der Waals surface area (Å²) in [6, 6.07) is 1.97. The number of halogens is 2. The summed E-state index contributed by atoms with van der Waals surface area (Å²) in [5, 5.41) is 13.7. The van der Waals surface area contributed by atoms with Gasteiger partial charge in [-0.15, -0.1) is 11.3 Å². The summed E-state index contributed by atoms with van der Waals surface area (Å²) in [6.45, 7) is 4.41. The van der Waals surface area contributed by atoms with Crippen molar-refractivity contribution < 1.29 is 18.6 Å². The molecule has 1 unspecified atom stereocenters. The van der Waals surface area contributed by atoms with Gasteiger partial charge in [0.1, 0.15) is 5.60 Å². The summed E-state index contributed by atoms with van der Waals surface area (Å²) in [7, 11) is 0. The molecule has 1 fully saturated rings. The van der Waals surface area contributed by atoms with Gasteiger partial charge < -0.3 is 15.2 Å². The van der Waals surface area contributed by atoms with Crippen molar-refractivity contribution in [3.8, 4) is 0 Å². The number of thiophene rings is 1. The molecule has 2 aliphatic heterocycles. The van der Waals surface area contributed by atoms with E-state index in [0.717, 1.165) is 29.1 Å². The van der Waals surface area contributed by atoms with Crippen LogP contribution in [0.5, 0.6) is 0 Å². The lowest BCUT2D eigenvalue weighted by Crippen LogP contribution is -2.54. The van der Waals surface area contributed by atoms with Gasteiger partial charge in [0.2, 0.25) is 0 Å². The smallest absolute Gasteiger partial charge is 0.273 e. The Morgan fingerprint density at radius 1 is 1.55 bits per heavy atom. The predicted octanol–water partition coefficient (Wildman–Crippen LogP) is 2.51. The summed E-state index contributed by atoms with van der Waals surface area (Å²) in [4.78, 5) is 1.72. The maximum absolute atomic E-state index is 13.3. The van der Waals surface area contributed by atoms with Crippen LogP contribution in [-0.4, -0.2) is 30.7 Å². The van der Waals surface area contributed by atoms with Gasteiger partial charge >= 0.3 is 0 Å². The molecule has 0 saturated carbocycles. The minimum Gasteiger partial charge on any atom is -0.377 e. The van der Waals surface area contributed by atoms with Crippen LogP contribution in [0.4, 0.5) is 8.78 Å². The van der Waals surface area contributed by atoms with Crippen molar-refractivity contribution in [1.82, 2.24) is 5.32 Å². The SMILES string of the molecule is Cc1cc2c(s1)[C@]1(CCN[C@@H](C)C1)OCC2(O)C(F)F. The standard InChI is InChI=1S/C14H19F2NO2S/c1-8-6-13(3-4-17-8)11-10(5-9(2)20-11)14(18,7-19-13)12(15)16/h5,8,12,17-18H,3-4,6-7H2,1-2H3/t8-,13+,14?/m0/s1. The van der Waals surface area contributed by atoms with Crippen LogP contribution in [0.1, 0.15) is 35.1 Å². The van der Waals surface area contributed by atoms with Crippen LogP contribution in [-0.2, 0) is 15.9 Å². The summed E-state index contributed by atoms with van der Waals surface area (Å²) in [5.74, 6) is 0. The molecule has 6 heteroatoms. The van der Waals surface area contributed by atoms with Gasteiger partial charge in [-0.1, -0.05) is 0 Å². The molecule has 0 aromatic carbocycles. The van der Waals surface area contributed by atoms with Crippen LogP contribution in [0.15, 0.2) is 6.07 Å². The normalized spacial score (nSPS) is 37.4. The number of aryl methyl sites for hydroxylation is 1. The van der Waals surface area contributed by atoms with Gasteiger partial charge in [0, 0.05) is 21.4 Å². The number of hydrogen-bond acceptors (Lipinski definition) is 4. The van der Waals surface area contributed by atoms with Gasteiger partial charge in [-0.25, -0.2) is 8.78 Å². The molecule has 2 aliphatic rings. The third kappa shape index (κ3) is 2.01. The second kappa shape index (κ2) is 4.73. The molecule has 3 heterocycles. The van der Waals surface area contributed by atoms with Crippen molar-refractivity contribution >= 4 is 11.3 Å². The summed E-state index contributed by atoms with van der Waals surface area (Å²) in [5.41, 5.74) is -2.31. The molecule has 0 amide bonds. The number of aliphatic hydroxyl groups is 1. The number of ether oxygens (including phenoxy) is 1. The van der Waals surface area contributed by atoms with Crippen molar-refractivity contribution in [2.24, 2.45) is 0 Å². The van der Waals surface area contributed by atoms with Crippen LogP contribution >= 0.6 is 11.3 Å². The molecule has 0 bridgehead atoms. The summed E-state index contributed by atoms with van der Waals surface area (Å²) >= 11 is 1.47. The number of fused-ring (bicyclic) bond motifs is 2. The molecule has 1 spiro atoms. The van der Waals surface area contributed by atoms with E-state index < -0.39 is 17.6 Å². The Bertz CT molecular complexity index is 521. The molecule has 20 heavy (non-hydrogen) atoms. The van der Waals surface area contributed by atoms with Gasteiger partial charge in [-0.3, -0.25) is 0 Å². The molecule has 3 rings (SSSR count). The van der Waals surface area contributed by atoms with Gasteiger partial charge in [-0.2, -0.15) is 0 Å². The fourth-order valence-corrected chi connectivity index (χ4v) is 4.55. The van der Waals surface area contributed by atoms with E-state index in [1.165, 1.54) is 11.3 Å². The van der Waals surface area contributed by atoms with E-state index in [2.05, 4.69) is 12.2 Å². The van der Waals surface area contributed by atoms with E-state index in [0.29, 0.717) is 5.56 Å². The Hall–Kier alpha value is -0.560. The maximum Gasteiger partial charge on any atom is 0.273 e. The van der Waals surface area contributed by atoms with E-state index in [9.17, 15) is 13.9 Å². The van der Waals surface area contributed by atoms with Crippen LogP contribution in [0.2, 0.25) is 0 Å². The average Bonchev–Trinajstić information content (AvgIpc) is 2.78. The fraction of sp³-hybridized carbons (Fsp3) is 0.714. The monoisotopic (exact) mass is 303 g/mol. The molecule has 3 atom stereocenters. The predicted molar refractivity (Wildman–Crippen MR) is 73.3 cm³/mol. The minimum absolute atomic E-state index is 0.275. The highest BCUT2D eigenvalue weighted by atomic mass is 32.1. The Labute approximate surface area is 120 Å². The second-order valence-electron chi connectivity index (χ2n) is 5.92. The zero-order valence-corrected chi connectivity index (χ0v) is 12.4. The highest BCUT2D eigenvalue weighted by molar-refractivity contribution is 7.12. The molecule has 3 nitrogen and oxygen atoms in total. The molecule has 0 aliphatic carbocycles. The number of rotatable bonds is 1. The van der Waals surface area contributed by atoms with E-state index in [1.54, 1.807) is 6.07 Å². The fourth-order valence-electron chi connectivity index (χ4n) is 3.27. The first kappa shape index (κ1) is 14.4. The first-order valence-corrected chi connectivity index (χ1v) is 7.68. The molecule has 1 aromatic heterocycles. The van der Waals surface area contributed by atoms with Gasteiger partial charge in [-0.05, 0) is 39.3 Å². The molecule has 2 N–H and O–H groups in total. The number of hydrogen-bond donors (Lipinski definition) is 2. The summed E-state index contributed by atoms with van der Waals surface area (Å²) < 4.78 is 32.4. The van der Waals surface area contributed by atoms with E-state index >= 15 is 0 Å². The lowest BCUT2D eigenvalue weighted by Gasteiger charge is -2.47. The third-order valence-electron chi connectivity index (χ3n) is 4.32. The van der Waals surface area contributed by atoms with Crippen molar-refractivity contribution in [1.29, 1.82) is 0 Å². The maximum atomic E-state index is 13.3. The molecule has 1 aromatic rings. The van der Waals surface area contributed by atoms with Gasteiger partial charge in [0.25, 0.3) is 6.43 Å². The number of nitrogens with one attached hydrogen (secondary N) is 1. The van der Waals surface area contributed by atoms with E-state index in [1.807, 2.05) is 6.92 Å². The van der Waals surface area contributed by atoms with Crippen molar-refractivity contribution in [2.75, 3.05) is 13.2 Å². The number of alkyl halides is 2. The lowest BCUT2D eigenvalue weighted by atomic mass is 9.79. The molecular formula is C14H19F2NO2S. The van der Waals surface area contributed by atoms with Gasteiger partial charge in [0.15, 0.2) is 5.60 Å². The topological polar surface area (TPSA) is 41.5 Å². The Kier molecular flexibility index (Phi) is 3.40. The second-order valence-corrected chi connectivity index (χ2v) is 7.17. The van der Waals surface area contributed by atoms with Crippen LogP contribution in [0.25, 0.3) is 0 Å². The third-order valence-corrected chi connectivity index (χ3v) is 5.56. The van der Waals surface area contributed by atoms with Crippen molar-refractivity contribution in [3.63, 3.8) is 0 Å². The van der Waals surface area contributed by atoms with Crippen LogP contribution in [0, 0.1) is 6.92 Å². The Morgan fingerprint density at radius 2 is 2.30 bits per heavy atom. The zero-order chi connectivity index (χ0) is 14.5. The van der Waals surface area contributed by atoms with Gasteiger partial charge in [0.05, 0.1) is 6.61 Å². The van der Waals surface area contributed by atoms with E-state index in [-0.39, 0.29) is 12.6 Å².